The van der Waals surface area contributed by atoms with Gasteiger partial charge in [0.1, 0.15) is 5.58 Å². The Labute approximate surface area is 121 Å². The smallest absolute Gasteiger partial charge is 0.199 e. The summed E-state index contributed by atoms with van der Waals surface area (Å²) in [5.74, 6) is 0. The van der Waals surface area contributed by atoms with Crippen LogP contribution in [-0.2, 0) is 13.2 Å². The Morgan fingerprint density at radius 2 is 1.95 bits per heavy atom. The number of aliphatic hydroxyl groups is 1. The van der Waals surface area contributed by atoms with Gasteiger partial charge in [0.15, 0.2) is 5.22 Å². The lowest BCUT2D eigenvalue weighted by Gasteiger charge is -2.07. The van der Waals surface area contributed by atoms with Crippen LogP contribution in [0.15, 0.2) is 52.9 Å². The van der Waals surface area contributed by atoms with E-state index >= 15 is 0 Å². The highest BCUT2D eigenvalue weighted by molar-refractivity contribution is 6.30. The number of hydrogen-bond donors (Lipinski definition) is 2. The highest BCUT2D eigenvalue weighted by Gasteiger charge is 2.11. The summed E-state index contributed by atoms with van der Waals surface area (Å²) in [6, 6.07) is 15.4. The minimum atomic E-state index is 0.0327. The molecular weight excluding hydrogens is 274 g/mol. The van der Waals surface area contributed by atoms with E-state index in [2.05, 4.69) is 5.32 Å². The number of benzene rings is 2. The van der Waals surface area contributed by atoms with E-state index in [1.165, 1.54) is 0 Å². The van der Waals surface area contributed by atoms with Crippen LogP contribution in [0.25, 0.3) is 11.0 Å². The SMILES string of the molecule is OCc1cccc(NCc2c(Cl)oc3ccccc23)c1. The van der Waals surface area contributed by atoms with Gasteiger partial charge in [-0.1, -0.05) is 30.3 Å². The molecule has 3 nitrogen and oxygen atoms in total. The van der Waals surface area contributed by atoms with E-state index in [0.717, 1.165) is 27.8 Å². The van der Waals surface area contributed by atoms with Crippen LogP contribution in [0.4, 0.5) is 5.69 Å². The van der Waals surface area contributed by atoms with Gasteiger partial charge < -0.3 is 14.8 Å². The van der Waals surface area contributed by atoms with Crippen molar-refractivity contribution in [2.75, 3.05) is 5.32 Å². The van der Waals surface area contributed by atoms with E-state index in [4.69, 9.17) is 21.1 Å². The number of nitrogens with one attached hydrogen (secondary N) is 1. The Hall–Kier alpha value is -1.97. The zero-order chi connectivity index (χ0) is 13.9. The van der Waals surface area contributed by atoms with Gasteiger partial charge in [-0.3, -0.25) is 0 Å². The molecule has 0 spiro atoms. The summed E-state index contributed by atoms with van der Waals surface area (Å²) in [7, 11) is 0. The predicted molar refractivity (Wildman–Crippen MR) is 80.9 cm³/mol. The zero-order valence-electron chi connectivity index (χ0n) is 10.8. The average Bonchev–Trinajstić information content (AvgIpc) is 2.81. The zero-order valence-corrected chi connectivity index (χ0v) is 11.5. The summed E-state index contributed by atoms with van der Waals surface area (Å²) in [6.07, 6.45) is 0. The summed E-state index contributed by atoms with van der Waals surface area (Å²) in [5, 5.41) is 13.9. The molecule has 0 radical (unpaired) electrons. The summed E-state index contributed by atoms with van der Waals surface area (Å²) in [6.45, 7) is 0.607. The Bertz CT molecular complexity index is 736. The van der Waals surface area contributed by atoms with E-state index in [1.54, 1.807) is 0 Å². The van der Waals surface area contributed by atoms with Gasteiger partial charge in [0.25, 0.3) is 0 Å². The molecule has 102 valence electrons. The molecular formula is C16H14ClNO2. The third kappa shape index (κ3) is 2.50. The molecule has 0 atom stereocenters. The van der Waals surface area contributed by atoms with Crippen molar-refractivity contribution in [3.8, 4) is 0 Å². The van der Waals surface area contributed by atoms with Crippen LogP contribution in [0.1, 0.15) is 11.1 Å². The minimum Gasteiger partial charge on any atom is -0.444 e. The van der Waals surface area contributed by atoms with Crippen molar-refractivity contribution in [2.45, 2.75) is 13.2 Å². The maximum Gasteiger partial charge on any atom is 0.199 e. The van der Waals surface area contributed by atoms with Gasteiger partial charge >= 0.3 is 0 Å². The first-order valence-corrected chi connectivity index (χ1v) is 6.75. The van der Waals surface area contributed by atoms with E-state index in [9.17, 15) is 0 Å². The van der Waals surface area contributed by atoms with Crippen molar-refractivity contribution >= 4 is 28.3 Å². The molecule has 0 unspecified atom stereocenters. The predicted octanol–water partition coefficient (Wildman–Crippen LogP) is 4.19. The van der Waals surface area contributed by atoms with Crippen molar-refractivity contribution < 1.29 is 9.52 Å². The van der Waals surface area contributed by atoms with Gasteiger partial charge in [-0.05, 0) is 35.4 Å². The lowest BCUT2D eigenvalue weighted by Crippen LogP contribution is -1.99. The van der Waals surface area contributed by atoms with E-state index in [-0.39, 0.29) is 6.61 Å². The summed E-state index contributed by atoms with van der Waals surface area (Å²) < 4.78 is 5.52. The number of anilines is 1. The second-order valence-electron chi connectivity index (χ2n) is 4.56. The maximum absolute atomic E-state index is 9.14. The molecule has 0 saturated heterocycles. The molecule has 0 fully saturated rings. The van der Waals surface area contributed by atoms with Gasteiger partial charge in [-0.25, -0.2) is 0 Å². The van der Waals surface area contributed by atoms with Crippen molar-refractivity contribution in [1.82, 2.24) is 0 Å². The number of hydrogen-bond acceptors (Lipinski definition) is 3. The highest BCUT2D eigenvalue weighted by atomic mass is 35.5. The topological polar surface area (TPSA) is 45.4 Å². The molecule has 3 aromatic rings. The Morgan fingerprint density at radius 3 is 2.80 bits per heavy atom. The number of para-hydroxylation sites is 1. The Balaban J connectivity index is 1.84. The average molecular weight is 288 g/mol. The van der Waals surface area contributed by atoms with Crippen LogP contribution < -0.4 is 5.32 Å². The van der Waals surface area contributed by atoms with Crippen LogP contribution >= 0.6 is 11.6 Å². The van der Waals surface area contributed by atoms with Crippen LogP contribution in [0, 0.1) is 0 Å². The first-order valence-electron chi connectivity index (χ1n) is 6.37. The fourth-order valence-electron chi connectivity index (χ4n) is 2.20. The third-order valence-corrected chi connectivity index (χ3v) is 3.53. The van der Waals surface area contributed by atoms with Crippen molar-refractivity contribution in [3.05, 3.63) is 64.9 Å². The lowest BCUT2D eigenvalue weighted by molar-refractivity contribution is 0.282. The molecule has 0 aliphatic heterocycles. The molecule has 2 N–H and O–H groups in total. The number of fused-ring (bicyclic) bond motifs is 1. The van der Waals surface area contributed by atoms with E-state index < -0.39 is 0 Å². The number of furan rings is 1. The molecule has 4 heteroatoms. The van der Waals surface area contributed by atoms with Crippen LogP contribution in [-0.4, -0.2) is 5.11 Å². The Kier molecular flexibility index (Phi) is 3.63. The summed E-state index contributed by atoms with van der Waals surface area (Å²) in [4.78, 5) is 0. The third-order valence-electron chi connectivity index (χ3n) is 3.23. The summed E-state index contributed by atoms with van der Waals surface area (Å²) >= 11 is 6.15. The molecule has 20 heavy (non-hydrogen) atoms. The maximum atomic E-state index is 9.14. The van der Waals surface area contributed by atoms with Crippen molar-refractivity contribution in [1.29, 1.82) is 0 Å². The van der Waals surface area contributed by atoms with Crippen LogP contribution in [0.2, 0.25) is 5.22 Å². The fourth-order valence-corrected chi connectivity index (χ4v) is 2.46. The largest absolute Gasteiger partial charge is 0.444 e. The summed E-state index contributed by atoms with van der Waals surface area (Å²) in [5.41, 5.74) is 3.55. The Morgan fingerprint density at radius 1 is 1.10 bits per heavy atom. The van der Waals surface area contributed by atoms with Crippen LogP contribution in [0.5, 0.6) is 0 Å². The molecule has 1 heterocycles. The lowest BCUT2D eigenvalue weighted by atomic mass is 10.1. The van der Waals surface area contributed by atoms with Gasteiger partial charge in [0, 0.05) is 23.2 Å². The van der Waals surface area contributed by atoms with Crippen molar-refractivity contribution in [2.24, 2.45) is 0 Å². The van der Waals surface area contributed by atoms with Gasteiger partial charge in [-0.15, -0.1) is 0 Å². The normalized spacial score (nSPS) is 10.9. The molecule has 0 saturated carbocycles. The molecule has 0 aliphatic rings. The first-order chi connectivity index (χ1) is 9.78. The molecule has 3 rings (SSSR count). The quantitative estimate of drug-likeness (QED) is 0.756. The van der Waals surface area contributed by atoms with E-state index in [0.29, 0.717) is 11.8 Å². The second-order valence-corrected chi connectivity index (χ2v) is 4.91. The first kappa shape index (κ1) is 13.0. The fraction of sp³-hybridized carbons (Fsp3) is 0.125. The van der Waals surface area contributed by atoms with Gasteiger partial charge in [0.05, 0.1) is 6.61 Å². The van der Waals surface area contributed by atoms with E-state index in [1.807, 2.05) is 48.5 Å². The highest BCUT2D eigenvalue weighted by Crippen LogP contribution is 2.30. The number of halogens is 1. The minimum absolute atomic E-state index is 0.0327. The molecule has 0 amide bonds. The molecule has 0 bridgehead atoms. The molecule has 2 aromatic carbocycles. The monoisotopic (exact) mass is 287 g/mol. The number of aliphatic hydroxyl groups excluding tert-OH is 1. The second kappa shape index (κ2) is 5.57. The molecule has 0 aliphatic carbocycles. The van der Waals surface area contributed by atoms with Gasteiger partial charge in [0.2, 0.25) is 0 Å². The van der Waals surface area contributed by atoms with Crippen molar-refractivity contribution in [3.63, 3.8) is 0 Å². The van der Waals surface area contributed by atoms with Crippen LogP contribution in [0.3, 0.4) is 0 Å². The standard InChI is InChI=1S/C16H14ClNO2/c17-16-14(13-6-1-2-7-15(13)20-16)9-18-12-5-3-4-11(8-12)10-19/h1-8,18-19H,9-10H2. The van der Waals surface area contributed by atoms with Gasteiger partial charge in [-0.2, -0.15) is 0 Å². The number of rotatable bonds is 4. The molecule has 1 aromatic heterocycles.